The number of aromatic nitrogens is 2. The van der Waals surface area contributed by atoms with E-state index in [1.54, 1.807) is 12.3 Å². The number of hydrogen-bond donors (Lipinski definition) is 1. The topological polar surface area (TPSA) is 52.2 Å². The average Bonchev–Trinajstić information content (AvgIpc) is 3.09. The summed E-state index contributed by atoms with van der Waals surface area (Å²) in [7, 11) is 2.18. The predicted octanol–water partition coefficient (Wildman–Crippen LogP) is 1.11. The molecule has 2 atom stereocenters. The number of nitrogens with one attached hydrogen (secondary N) is 1. The highest BCUT2D eigenvalue weighted by atomic mass is 16.2. The highest BCUT2D eigenvalue weighted by Crippen LogP contribution is 2.29. The first-order chi connectivity index (χ1) is 8.77. The van der Waals surface area contributed by atoms with Crippen LogP contribution in [0.2, 0.25) is 0 Å². The molecular weight excluding hydrogens is 228 g/mol. The molecule has 98 valence electrons. The average molecular weight is 248 g/mol. The van der Waals surface area contributed by atoms with Gasteiger partial charge in [-0.15, -0.1) is 0 Å². The van der Waals surface area contributed by atoms with Gasteiger partial charge in [0.2, 0.25) is 0 Å². The molecule has 0 saturated carbocycles. The van der Waals surface area contributed by atoms with Gasteiger partial charge in [-0.3, -0.25) is 9.89 Å². The quantitative estimate of drug-likeness (QED) is 0.853. The summed E-state index contributed by atoms with van der Waals surface area (Å²) in [5.41, 5.74) is 0.613. The van der Waals surface area contributed by atoms with E-state index in [-0.39, 0.29) is 5.91 Å². The number of rotatable bonds is 2. The second-order valence-corrected chi connectivity index (χ2v) is 5.37. The van der Waals surface area contributed by atoms with Gasteiger partial charge in [-0.05, 0) is 45.3 Å². The molecule has 1 amide bonds. The number of likely N-dealkylation sites (N-methyl/N-ethyl adjacent to an activating group) is 1. The number of amides is 1. The van der Waals surface area contributed by atoms with Crippen molar-refractivity contribution in [2.75, 3.05) is 20.1 Å². The number of carbonyl (C=O) groups excluding carboxylic acids is 1. The second-order valence-electron chi connectivity index (χ2n) is 5.37. The first-order valence-electron chi connectivity index (χ1n) is 6.78. The lowest BCUT2D eigenvalue weighted by Gasteiger charge is -2.33. The van der Waals surface area contributed by atoms with Gasteiger partial charge in [0.05, 0.1) is 0 Å². The third kappa shape index (κ3) is 1.92. The van der Waals surface area contributed by atoms with Crippen molar-refractivity contribution in [3.63, 3.8) is 0 Å². The lowest BCUT2D eigenvalue weighted by molar-refractivity contribution is 0.0658. The number of hydrogen-bond acceptors (Lipinski definition) is 3. The zero-order chi connectivity index (χ0) is 12.5. The summed E-state index contributed by atoms with van der Waals surface area (Å²) in [6.45, 7) is 2.04. The minimum absolute atomic E-state index is 0.107. The van der Waals surface area contributed by atoms with Gasteiger partial charge < -0.3 is 9.80 Å². The van der Waals surface area contributed by atoms with Crippen molar-refractivity contribution < 1.29 is 4.79 Å². The molecule has 2 saturated heterocycles. The number of H-pyrrole nitrogens is 1. The van der Waals surface area contributed by atoms with Crippen molar-refractivity contribution in [1.29, 1.82) is 0 Å². The summed E-state index contributed by atoms with van der Waals surface area (Å²) in [5, 5.41) is 6.65. The van der Waals surface area contributed by atoms with Gasteiger partial charge in [0.1, 0.15) is 5.69 Å². The van der Waals surface area contributed by atoms with Crippen LogP contribution in [0.25, 0.3) is 0 Å². The fourth-order valence-corrected chi connectivity index (χ4v) is 3.40. The maximum Gasteiger partial charge on any atom is 0.272 e. The molecule has 3 heterocycles. The molecule has 0 spiro atoms. The summed E-state index contributed by atoms with van der Waals surface area (Å²) in [5.74, 6) is 0.107. The zero-order valence-electron chi connectivity index (χ0n) is 10.8. The van der Waals surface area contributed by atoms with Crippen molar-refractivity contribution in [2.45, 2.75) is 37.8 Å². The van der Waals surface area contributed by atoms with Gasteiger partial charge in [-0.25, -0.2) is 0 Å². The van der Waals surface area contributed by atoms with E-state index in [0.29, 0.717) is 17.8 Å². The molecule has 1 aromatic rings. The molecule has 0 radical (unpaired) electrons. The normalized spacial score (nSPS) is 29.1. The van der Waals surface area contributed by atoms with Gasteiger partial charge in [0.25, 0.3) is 5.91 Å². The zero-order valence-corrected chi connectivity index (χ0v) is 10.8. The van der Waals surface area contributed by atoms with Crippen molar-refractivity contribution in [3.05, 3.63) is 18.0 Å². The van der Waals surface area contributed by atoms with Gasteiger partial charge in [0, 0.05) is 24.8 Å². The Balaban J connectivity index is 1.77. The van der Waals surface area contributed by atoms with Crippen LogP contribution in [0, 0.1) is 0 Å². The van der Waals surface area contributed by atoms with Crippen LogP contribution in [0.4, 0.5) is 0 Å². The number of carbonyl (C=O) groups is 1. The van der Waals surface area contributed by atoms with Crippen molar-refractivity contribution >= 4 is 5.91 Å². The van der Waals surface area contributed by atoms with Crippen LogP contribution in [0.15, 0.2) is 12.3 Å². The Labute approximate surface area is 107 Å². The van der Waals surface area contributed by atoms with E-state index < -0.39 is 0 Å². The van der Waals surface area contributed by atoms with Crippen LogP contribution in [0.5, 0.6) is 0 Å². The number of aromatic amines is 1. The van der Waals surface area contributed by atoms with Crippen LogP contribution in [0.3, 0.4) is 0 Å². The summed E-state index contributed by atoms with van der Waals surface area (Å²) < 4.78 is 0. The standard InChI is InChI=1S/C13H20N4O/c1-16-8-2-4-11(16)12-5-3-9-17(12)13(18)10-6-7-14-15-10/h6-7,11-12H,2-5,8-9H2,1H3,(H,14,15)/t11-,12+/m0/s1. The van der Waals surface area contributed by atoms with E-state index in [4.69, 9.17) is 0 Å². The second kappa shape index (κ2) is 4.72. The van der Waals surface area contributed by atoms with Crippen LogP contribution < -0.4 is 0 Å². The molecule has 2 aliphatic heterocycles. The predicted molar refractivity (Wildman–Crippen MR) is 68.3 cm³/mol. The molecule has 3 rings (SSSR count). The van der Waals surface area contributed by atoms with Gasteiger partial charge >= 0.3 is 0 Å². The van der Waals surface area contributed by atoms with Gasteiger partial charge in [-0.2, -0.15) is 5.10 Å². The van der Waals surface area contributed by atoms with Gasteiger partial charge in [0.15, 0.2) is 0 Å². The van der Waals surface area contributed by atoms with E-state index in [1.165, 1.54) is 12.8 Å². The smallest absolute Gasteiger partial charge is 0.272 e. The molecule has 0 aromatic carbocycles. The Morgan fingerprint density at radius 1 is 1.33 bits per heavy atom. The Hall–Kier alpha value is -1.36. The fourth-order valence-electron chi connectivity index (χ4n) is 3.40. The first-order valence-corrected chi connectivity index (χ1v) is 6.78. The maximum atomic E-state index is 12.4. The molecule has 2 fully saturated rings. The van der Waals surface area contributed by atoms with Gasteiger partial charge in [-0.1, -0.05) is 0 Å². The highest BCUT2D eigenvalue weighted by Gasteiger charge is 2.38. The summed E-state index contributed by atoms with van der Waals surface area (Å²) in [6.07, 6.45) is 6.36. The van der Waals surface area contributed by atoms with E-state index in [1.807, 2.05) is 4.90 Å². The summed E-state index contributed by atoms with van der Waals surface area (Å²) in [6, 6.07) is 2.68. The Bertz CT molecular complexity index is 417. The van der Waals surface area contributed by atoms with E-state index in [9.17, 15) is 4.79 Å². The Morgan fingerprint density at radius 3 is 2.78 bits per heavy atom. The third-order valence-corrected chi connectivity index (χ3v) is 4.31. The minimum Gasteiger partial charge on any atom is -0.333 e. The number of nitrogens with zero attached hydrogens (tertiary/aromatic N) is 3. The molecule has 1 N–H and O–H groups in total. The summed E-state index contributed by atoms with van der Waals surface area (Å²) >= 11 is 0. The lowest BCUT2D eigenvalue weighted by atomic mass is 10.0. The Kier molecular flexibility index (Phi) is 3.07. The number of likely N-dealkylation sites (tertiary alicyclic amines) is 2. The van der Waals surface area contributed by atoms with Crippen LogP contribution in [-0.2, 0) is 0 Å². The SMILES string of the molecule is CN1CCC[C@H]1[C@H]1CCCN1C(=O)c1ccn[nH]1. The molecule has 2 aliphatic rings. The largest absolute Gasteiger partial charge is 0.333 e. The van der Waals surface area contributed by atoms with E-state index in [0.717, 1.165) is 25.9 Å². The molecule has 5 heteroatoms. The van der Waals surface area contributed by atoms with Crippen LogP contribution in [0.1, 0.15) is 36.2 Å². The minimum atomic E-state index is 0.107. The molecule has 18 heavy (non-hydrogen) atoms. The lowest BCUT2D eigenvalue weighted by Crippen LogP contribution is -2.47. The molecule has 0 unspecified atom stereocenters. The maximum absolute atomic E-state index is 12.4. The molecule has 5 nitrogen and oxygen atoms in total. The molecule has 1 aromatic heterocycles. The van der Waals surface area contributed by atoms with Crippen molar-refractivity contribution in [3.8, 4) is 0 Å². The highest BCUT2D eigenvalue weighted by molar-refractivity contribution is 5.92. The molecule has 0 bridgehead atoms. The monoisotopic (exact) mass is 248 g/mol. The van der Waals surface area contributed by atoms with Crippen LogP contribution in [-0.4, -0.2) is 58.1 Å². The van der Waals surface area contributed by atoms with E-state index >= 15 is 0 Å². The summed E-state index contributed by atoms with van der Waals surface area (Å²) in [4.78, 5) is 16.9. The van der Waals surface area contributed by atoms with Crippen LogP contribution >= 0.6 is 0 Å². The Morgan fingerprint density at radius 2 is 2.11 bits per heavy atom. The van der Waals surface area contributed by atoms with E-state index in [2.05, 4.69) is 22.1 Å². The van der Waals surface area contributed by atoms with Crippen molar-refractivity contribution in [2.24, 2.45) is 0 Å². The molecular formula is C13H20N4O. The fraction of sp³-hybridized carbons (Fsp3) is 0.692. The molecule has 0 aliphatic carbocycles. The van der Waals surface area contributed by atoms with Crippen molar-refractivity contribution in [1.82, 2.24) is 20.0 Å². The third-order valence-electron chi connectivity index (χ3n) is 4.31. The first kappa shape index (κ1) is 11.7.